The van der Waals surface area contributed by atoms with Crippen LogP contribution in [0.15, 0.2) is 60.8 Å². The first kappa shape index (κ1) is 31.3. The van der Waals surface area contributed by atoms with E-state index in [1.54, 1.807) is 45.0 Å². The van der Waals surface area contributed by atoms with Crippen LogP contribution in [0.2, 0.25) is 5.02 Å². The maximum absolute atomic E-state index is 14.2. The number of benzene rings is 3. The van der Waals surface area contributed by atoms with Crippen LogP contribution in [0.1, 0.15) is 19.4 Å². The molecule has 3 N–H and O–H groups in total. The van der Waals surface area contributed by atoms with Crippen molar-refractivity contribution in [1.82, 2.24) is 24.7 Å². The van der Waals surface area contributed by atoms with Crippen molar-refractivity contribution in [3.05, 3.63) is 71.4 Å². The molecule has 2 heterocycles. The van der Waals surface area contributed by atoms with Crippen molar-refractivity contribution in [2.75, 3.05) is 26.3 Å². The Morgan fingerprint density at radius 3 is 2.36 bits per heavy atom. The van der Waals surface area contributed by atoms with E-state index in [2.05, 4.69) is 42.9 Å². The Kier molecular flexibility index (Phi) is 9.41. The van der Waals surface area contributed by atoms with Gasteiger partial charge in [-0.3, -0.25) is 14.2 Å². The molecule has 0 saturated heterocycles. The summed E-state index contributed by atoms with van der Waals surface area (Å²) in [7, 11) is -1.72. The summed E-state index contributed by atoms with van der Waals surface area (Å²) < 4.78 is 32.2. The van der Waals surface area contributed by atoms with Crippen molar-refractivity contribution in [2.45, 2.75) is 20.8 Å². The number of hydrogen-bond acceptors (Lipinski definition) is 7. The van der Waals surface area contributed by atoms with E-state index in [4.69, 9.17) is 25.8 Å². The maximum Gasteiger partial charge on any atom is 0.320 e. The minimum atomic E-state index is -3.72. The fourth-order valence-electron chi connectivity index (χ4n) is 4.83. The van der Waals surface area contributed by atoms with E-state index in [1.165, 1.54) is 0 Å². The Labute approximate surface area is 259 Å². The van der Waals surface area contributed by atoms with E-state index < -0.39 is 19.4 Å². The topological polar surface area (TPSA) is 137 Å². The molecule has 0 amide bonds. The Bertz CT molecular complexity index is 1880. The number of esters is 2. The zero-order valence-corrected chi connectivity index (χ0v) is 26.4. The van der Waals surface area contributed by atoms with Crippen LogP contribution < -0.4 is 20.2 Å². The molecule has 0 atom stereocenters. The second kappa shape index (κ2) is 13.2. The molecule has 3 aromatic carbocycles. The van der Waals surface area contributed by atoms with Gasteiger partial charge in [0.25, 0.3) is 6.01 Å². The Hall–Kier alpha value is -4.15. The average molecular weight is 638 g/mol. The van der Waals surface area contributed by atoms with Gasteiger partial charge in [-0.25, -0.2) is 10.2 Å². The van der Waals surface area contributed by atoms with Crippen molar-refractivity contribution in [3.63, 3.8) is 0 Å². The second-order valence-corrected chi connectivity index (χ2v) is 12.8. The van der Waals surface area contributed by atoms with Crippen molar-refractivity contribution < 1.29 is 28.4 Å². The predicted molar refractivity (Wildman–Crippen MR) is 171 cm³/mol. The monoisotopic (exact) mass is 637 g/mol. The van der Waals surface area contributed by atoms with Gasteiger partial charge >= 0.3 is 11.9 Å². The third-order valence-corrected chi connectivity index (χ3v) is 9.66. The molecule has 44 heavy (non-hydrogen) atoms. The standard InChI is InChI=1S/C31H33ClN5O6P/c1-5-41-29(38)17-33-44(40,34-18-30(39)42-6-2)28-14-22(9-7-19(28)3)43-31-35-25-15-23(24(32)16-26(25)36-31)20-8-10-27-21(13-20)11-12-37(27)4/h7-16H,5-6,17-18H2,1-4H3,(H,35,36)(H2,33,34,40). The smallest absolute Gasteiger partial charge is 0.320 e. The van der Waals surface area contributed by atoms with Crippen LogP contribution in [0.25, 0.3) is 33.1 Å². The van der Waals surface area contributed by atoms with Gasteiger partial charge in [-0.05, 0) is 74.4 Å². The molecule has 0 spiro atoms. The second-order valence-electron chi connectivity index (χ2n) is 10.0. The van der Waals surface area contributed by atoms with Gasteiger partial charge in [-0.15, -0.1) is 0 Å². The summed E-state index contributed by atoms with van der Waals surface area (Å²) in [5.41, 5.74) is 4.89. The molecule has 0 aliphatic heterocycles. The highest BCUT2D eigenvalue weighted by molar-refractivity contribution is 7.68. The lowest BCUT2D eigenvalue weighted by molar-refractivity contribution is -0.142. The molecule has 0 bridgehead atoms. The zero-order valence-electron chi connectivity index (χ0n) is 24.8. The van der Waals surface area contributed by atoms with E-state index in [9.17, 15) is 14.2 Å². The molecule has 0 saturated carbocycles. The van der Waals surface area contributed by atoms with Crippen LogP contribution in [0, 0.1) is 6.92 Å². The molecule has 0 aliphatic rings. The van der Waals surface area contributed by atoms with Gasteiger partial charge in [0.1, 0.15) is 18.8 Å². The van der Waals surface area contributed by atoms with Gasteiger partial charge in [0.15, 0.2) is 0 Å². The number of ether oxygens (including phenoxy) is 3. The number of imidazole rings is 1. The van der Waals surface area contributed by atoms with E-state index in [0.29, 0.717) is 32.7 Å². The highest BCUT2D eigenvalue weighted by Gasteiger charge is 2.29. The summed E-state index contributed by atoms with van der Waals surface area (Å²) in [5.74, 6) is -0.832. The van der Waals surface area contributed by atoms with Crippen molar-refractivity contribution in [1.29, 1.82) is 0 Å². The summed E-state index contributed by atoms with van der Waals surface area (Å²) in [6.07, 6.45) is 2.01. The molecule has 230 valence electrons. The minimum Gasteiger partial charge on any atom is -0.465 e. The number of aryl methyl sites for hydroxylation is 2. The lowest BCUT2D eigenvalue weighted by Gasteiger charge is -2.22. The van der Waals surface area contributed by atoms with Gasteiger partial charge < -0.3 is 23.8 Å². The normalized spacial score (nSPS) is 11.7. The first-order valence-corrected chi connectivity index (χ1v) is 16.1. The van der Waals surface area contributed by atoms with Crippen LogP contribution in [0.3, 0.4) is 0 Å². The lowest BCUT2D eigenvalue weighted by atomic mass is 10.0. The largest absolute Gasteiger partial charge is 0.465 e. The van der Waals surface area contributed by atoms with E-state index in [-0.39, 0.29) is 32.3 Å². The molecule has 5 aromatic rings. The quantitative estimate of drug-likeness (QED) is 0.118. The van der Waals surface area contributed by atoms with E-state index in [1.807, 2.05) is 25.4 Å². The number of hydrogen-bond donors (Lipinski definition) is 3. The fraction of sp³-hybridized carbons (Fsp3) is 0.258. The molecule has 0 fully saturated rings. The van der Waals surface area contributed by atoms with Crippen molar-refractivity contribution >= 4 is 58.2 Å². The van der Waals surface area contributed by atoms with Gasteiger partial charge in [-0.2, -0.15) is 4.98 Å². The summed E-state index contributed by atoms with van der Waals surface area (Å²) >= 11 is 6.69. The minimum absolute atomic E-state index is 0.176. The number of H-pyrrole nitrogens is 1. The molecule has 5 rings (SSSR count). The molecule has 0 radical (unpaired) electrons. The number of aromatic amines is 1. The number of nitrogens with zero attached hydrogens (tertiary/aromatic N) is 2. The molecule has 11 nitrogen and oxygen atoms in total. The van der Waals surface area contributed by atoms with Crippen LogP contribution in [0.4, 0.5) is 0 Å². The van der Waals surface area contributed by atoms with Gasteiger partial charge in [-0.1, -0.05) is 23.7 Å². The Balaban J connectivity index is 1.42. The number of aromatic nitrogens is 3. The Morgan fingerprint density at radius 1 is 0.977 bits per heavy atom. The highest BCUT2D eigenvalue weighted by atomic mass is 35.5. The van der Waals surface area contributed by atoms with E-state index in [0.717, 1.165) is 22.0 Å². The van der Waals surface area contributed by atoms with Gasteiger partial charge in [0.05, 0.1) is 29.3 Å². The van der Waals surface area contributed by atoms with Crippen molar-refractivity contribution in [2.24, 2.45) is 7.05 Å². The molecule has 0 aliphatic carbocycles. The average Bonchev–Trinajstić information content (AvgIpc) is 3.57. The number of rotatable bonds is 12. The van der Waals surface area contributed by atoms with Crippen LogP contribution in [0.5, 0.6) is 11.8 Å². The number of nitrogens with one attached hydrogen (secondary N) is 3. The number of fused-ring (bicyclic) bond motifs is 2. The first-order chi connectivity index (χ1) is 21.1. The first-order valence-electron chi connectivity index (χ1n) is 14.1. The SMILES string of the molecule is CCOC(=O)CNP(=O)(NCC(=O)OCC)c1cc(Oc2nc3cc(-c4ccc5c(ccn5C)c4)c(Cl)cc3[nH]2)ccc1C. The number of carbonyl (C=O) groups is 2. The number of halogens is 1. The molecule has 2 aromatic heterocycles. The zero-order chi connectivity index (χ0) is 31.4. The van der Waals surface area contributed by atoms with E-state index >= 15 is 0 Å². The summed E-state index contributed by atoms with van der Waals surface area (Å²) in [6.45, 7) is 4.80. The Morgan fingerprint density at radius 2 is 1.68 bits per heavy atom. The van der Waals surface area contributed by atoms with Gasteiger partial charge in [0, 0.05) is 35.0 Å². The third-order valence-electron chi connectivity index (χ3n) is 6.98. The number of carbonyl (C=O) groups excluding carboxylic acids is 2. The van der Waals surface area contributed by atoms with Crippen LogP contribution in [-0.4, -0.2) is 52.8 Å². The third kappa shape index (κ3) is 6.81. The lowest BCUT2D eigenvalue weighted by Crippen LogP contribution is -2.37. The molecule has 0 unspecified atom stereocenters. The van der Waals surface area contributed by atoms with Crippen LogP contribution in [-0.2, 0) is 30.7 Å². The molecular weight excluding hydrogens is 605 g/mol. The fourth-order valence-corrected chi connectivity index (χ4v) is 7.14. The molecular formula is C31H33ClN5O6P. The van der Waals surface area contributed by atoms with Gasteiger partial charge in [0.2, 0.25) is 7.44 Å². The summed E-state index contributed by atoms with van der Waals surface area (Å²) in [5, 5.41) is 7.49. The maximum atomic E-state index is 14.2. The van der Waals surface area contributed by atoms with Crippen LogP contribution >= 0.6 is 19.0 Å². The summed E-state index contributed by atoms with van der Waals surface area (Å²) in [6, 6.07) is 17.1. The predicted octanol–water partition coefficient (Wildman–Crippen LogP) is 5.60. The van der Waals surface area contributed by atoms with Crippen molar-refractivity contribution in [3.8, 4) is 22.9 Å². The molecule has 13 heteroatoms. The highest BCUT2D eigenvalue weighted by Crippen LogP contribution is 2.38. The summed E-state index contributed by atoms with van der Waals surface area (Å²) in [4.78, 5) is 31.9.